The Kier molecular flexibility index (Phi) is 4.49. The first-order chi connectivity index (χ1) is 9.47. The fraction of sp³-hybridized carbons (Fsp3) is 0.200. The second-order valence-corrected chi connectivity index (χ2v) is 5.56. The van der Waals surface area contributed by atoms with Crippen LogP contribution in [0.1, 0.15) is 5.56 Å². The summed E-state index contributed by atoms with van der Waals surface area (Å²) in [4.78, 5) is 1.95. The molecule has 0 saturated heterocycles. The van der Waals surface area contributed by atoms with Crippen LogP contribution in [0.4, 0.5) is 15.8 Å². The first-order valence-corrected chi connectivity index (χ1v) is 6.90. The molecular formula is C15H16BrFN2O. The summed E-state index contributed by atoms with van der Waals surface area (Å²) in [5, 5.41) is 0. The molecule has 20 heavy (non-hydrogen) atoms. The van der Waals surface area contributed by atoms with Gasteiger partial charge in [-0.05, 0) is 24.3 Å². The van der Waals surface area contributed by atoms with E-state index >= 15 is 0 Å². The van der Waals surface area contributed by atoms with Crippen molar-refractivity contribution in [2.45, 2.75) is 6.61 Å². The van der Waals surface area contributed by atoms with Crippen LogP contribution in [0.25, 0.3) is 0 Å². The van der Waals surface area contributed by atoms with Gasteiger partial charge in [0.15, 0.2) is 0 Å². The number of hydrogen-bond donors (Lipinski definition) is 1. The number of nitrogen functional groups attached to an aromatic ring is 1. The molecule has 2 aromatic rings. The van der Waals surface area contributed by atoms with Crippen molar-refractivity contribution in [3.05, 3.63) is 52.3 Å². The van der Waals surface area contributed by atoms with Crippen LogP contribution in [0.5, 0.6) is 5.75 Å². The zero-order chi connectivity index (χ0) is 14.7. The molecule has 0 heterocycles. The van der Waals surface area contributed by atoms with Crippen molar-refractivity contribution in [2.75, 3.05) is 24.7 Å². The zero-order valence-corrected chi connectivity index (χ0v) is 12.9. The van der Waals surface area contributed by atoms with Crippen molar-refractivity contribution >= 4 is 27.3 Å². The van der Waals surface area contributed by atoms with Gasteiger partial charge in [0, 0.05) is 35.9 Å². The normalized spacial score (nSPS) is 10.4. The molecule has 0 amide bonds. The van der Waals surface area contributed by atoms with Gasteiger partial charge in [-0.1, -0.05) is 22.0 Å². The average molecular weight is 339 g/mol. The molecule has 3 nitrogen and oxygen atoms in total. The molecule has 0 atom stereocenters. The summed E-state index contributed by atoms with van der Waals surface area (Å²) >= 11 is 3.22. The predicted octanol–water partition coefficient (Wildman–Crippen LogP) is 3.82. The average Bonchev–Trinajstić information content (AvgIpc) is 2.39. The summed E-state index contributed by atoms with van der Waals surface area (Å²) in [6.07, 6.45) is 0. The van der Waals surface area contributed by atoms with Crippen molar-refractivity contribution in [1.29, 1.82) is 0 Å². The van der Waals surface area contributed by atoms with Gasteiger partial charge in [0.25, 0.3) is 0 Å². The summed E-state index contributed by atoms with van der Waals surface area (Å²) in [6.45, 7) is 0.139. The highest BCUT2D eigenvalue weighted by Crippen LogP contribution is 2.28. The molecule has 5 heteroatoms. The Morgan fingerprint density at radius 1 is 1.20 bits per heavy atom. The monoisotopic (exact) mass is 338 g/mol. The molecule has 2 N–H and O–H groups in total. The SMILES string of the molecule is CN(C)c1ccc(N)c(OCc2ccc(Br)cc2F)c1. The third-order valence-corrected chi connectivity index (χ3v) is 3.41. The van der Waals surface area contributed by atoms with E-state index in [-0.39, 0.29) is 12.4 Å². The molecule has 0 aliphatic carbocycles. The summed E-state index contributed by atoms with van der Waals surface area (Å²) in [5.41, 5.74) is 7.87. The minimum Gasteiger partial charge on any atom is -0.487 e. The second-order valence-electron chi connectivity index (χ2n) is 4.64. The number of nitrogens with two attached hydrogens (primary N) is 1. The molecule has 2 rings (SSSR count). The Hall–Kier alpha value is -1.75. The van der Waals surface area contributed by atoms with Crippen LogP contribution in [0, 0.1) is 5.82 Å². The Morgan fingerprint density at radius 2 is 1.95 bits per heavy atom. The van der Waals surface area contributed by atoms with Gasteiger partial charge in [0.1, 0.15) is 18.2 Å². The standard InChI is InChI=1S/C15H16BrFN2O/c1-19(2)12-5-6-14(18)15(8-12)20-9-10-3-4-11(16)7-13(10)17/h3-8H,9,18H2,1-2H3. The number of hydrogen-bond acceptors (Lipinski definition) is 3. The van der Waals surface area contributed by atoms with E-state index in [1.54, 1.807) is 18.2 Å². The minimum atomic E-state index is -0.304. The molecule has 0 aromatic heterocycles. The van der Waals surface area contributed by atoms with Crippen molar-refractivity contribution in [2.24, 2.45) is 0 Å². The lowest BCUT2D eigenvalue weighted by Gasteiger charge is -2.16. The maximum Gasteiger partial charge on any atom is 0.144 e. The Labute approximate surface area is 126 Å². The van der Waals surface area contributed by atoms with Gasteiger partial charge >= 0.3 is 0 Å². The van der Waals surface area contributed by atoms with E-state index in [4.69, 9.17) is 10.5 Å². The first kappa shape index (κ1) is 14.7. The molecule has 0 unspecified atom stereocenters. The highest BCUT2D eigenvalue weighted by atomic mass is 79.9. The van der Waals surface area contributed by atoms with E-state index < -0.39 is 0 Å². The van der Waals surface area contributed by atoms with Crippen LogP contribution >= 0.6 is 15.9 Å². The van der Waals surface area contributed by atoms with E-state index in [1.165, 1.54) is 6.07 Å². The van der Waals surface area contributed by atoms with E-state index in [2.05, 4.69) is 15.9 Å². The highest BCUT2D eigenvalue weighted by molar-refractivity contribution is 9.10. The predicted molar refractivity (Wildman–Crippen MR) is 83.6 cm³/mol. The molecule has 0 saturated carbocycles. The quantitative estimate of drug-likeness (QED) is 0.861. The number of halogens is 2. The lowest BCUT2D eigenvalue weighted by Crippen LogP contribution is -2.09. The third-order valence-electron chi connectivity index (χ3n) is 2.91. The third kappa shape index (κ3) is 3.42. The molecule has 106 valence electrons. The molecule has 0 spiro atoms. The van der Waals surface area contributed by atoms with Crippen molar-refractivity contribution < 1.29 is 9.13 Å². The van der Waals surface area contributed by atoms with Gasteiger partial charge in [0.05, 0.1) is 5.69 Å². The molecular weight excluding hydrogens is 323 g/mol. The summed E-state index contributed by atoms with van der Waals surface area (Å²) in [7, 11) is 3.87. The Morgan fingerprint density at radius 3 is 2.60 bits per heavy atom. The van der Waals surface area contributed by atoms with Crippen molar-refractivity contribution in [1.82, 2.24) is 0 Å². The van der Waals surface area contributed by atoms with E-state index in [0.717, 1.165) is 5.69 Å². The van der Waals surface area contributed by atoms with Gasteiger partial charge in [-0.3, -0.25) is 0 Å². The topological polar surface area (TPSA) is 38.5 Å². The molecule has 2 aromatic carbocycles. The van der Waals surface area contributed by atoms with Gasteiger partial charge in [-0.15, -0.1) is 0 Å². The second kappa shape index (κ2) is 6.13. The lowest BCUT2D eigenvalue weighted by atomic mass is 10.2. The maximum absolute atomic E-state index is 13.7. The summed E-state index contributed by atoms with van der Waals surface area (Å²) in [6, 6.07) is 10.4. The summed E-state index contributed by atoms with van der Waals surface area (Å²) < 4.78 is 20.0. The number of ether oxygens (including phenoxy) is 1. The Balaban J connectivity index is 2.16. The zero-order valence-electron chi connectivity index (χ0n) is 11.4. The van der Waals surface area contributed by atoms with Crippen molar-refractivity contribution in [3.63, 3.8) is 0 Å². The molecule has 0 radical (unpaired) electrons. The smallest absolute Gasteiger partial charge is 0.144 e. The number of rotatable bonds is 4. The summed E-state index contributed by atoms with van der Waals surface area (Å²) in [5.74, 6) is 0.250. The molecule has 0 bridgehead atoms. The fourth-order valence-corrected chi connectivity index (χ4v) is 2.05. The fourth-order valence-electron chi connectivity index (χ4n) is 1.72. The minimum absolute atomic E-state index is 0.139. The van der Waals surface area contributed by atoms with Crippen LogP contribution in [0.15, 0.2) is 40.9 Å². The van der Waals surface area contributed by atoms with Gasteiger partial charge in [-0.25, -0.2) is 4.39 Å². The van der Waals surface area contributed by atoms with E-state index in [1.807, 2.05) is 31.1 Å². The van der Waals surface area contributed by atoms with Gasteiger partial charge < -0.3 is 15.4 Å². The first-order valence-electron chi connectivity index (χ1n) is 6.11. The van der Waals surface area contributed by atoms with Crippen LogP contribution in [0.3, 0.4) is 0 Å². The number of benzene rings is 2. The van der Waals surface area contributed by atoms with Gasteiger partial charge in [-0.2, -0.15) is 0 Å². The molecule has 0 aliphatic heterocycles. The highest BCUT2D eigenvalue weighted by Gasteiger charge is 2.07. The largest absolute Gasteiger partial charge is 0.487 e. The van der Waals surface area contributed by atoms with Crippen LogP contribution in [-0.4, -0.2) is 14.1 Å². The lowest BCUT2D eigenvalue weighted by molar-refractivity contribution is 0.301. The van der Waals surface area contributed by atoms with Gasteiger partial charge in [0.2, 0.25) is 0 Å². The Bertz CT molecular complexity index is 617. The molecule has 0 aliphatic rings. The van der Waals surface area contributed by atoms with Crippen LogP contribution in [-0.2, 0) is 6.61 Å². The van der Waals surface area contributed by atoms with E-state index in [0.29, 0.717) is 21.5 Å². The van der Waals surface area contributed by atoms with Crippen LogP contribution in [0.2, 0.25) is 0 Å². The number of nitrogens with zero attached hydrogens (tertiary/aromatic N) is 1. The van der Waals surface area contributed by atoms with Crippen molar-refractivity contribution in [3.8, 4) is 5.75 Å². The number of anilines is 2. The maximum atomic E-state index is 13.7. The van der Waals surface area contributed by atoms with Crippen LogP contribution < -0.4 is 15.4 Å². The molecule has 0 fully saturated rings. The van der Waals surface area contributed by atoms with E-state index in [9.17, 15) is 4.39 Å².